The van der Waals surface area contributed by atoms with E-state index in [9.17, 15) is 4.79 Å². The first kappa shape index (κ1) is 13.6. The van der Waals surface area contributed by atoms with Gasteiger partial charge in [-0.1, -0.05) is 0 Å². The van der Waals surface area contributed by atoms with Crippen LogP contribution in [0.15, 0.2) is 28.9 Å². The minimum atomic E-state index is 0.140. The molecule has 2 atom stereocenters. The molecule has 2 aliphatic rings. The van der Waals surface area contributed by atoms with Gasteiger partial charge in [0.2, 0.25) is 0 Å². The summed E-state index contributed by atoms with van der Waals surface area (Å²) < 4.78 is 7.59. The number of piperidine rings is 1. The third-order valence-electron chi connectivity index (χ3n) is 5.11. The smallest absolute Gasteiger partial charge is 0.257 e. The Morgan fingerprint density at radius 3 is 2.50 bits per heavy atom. The molecule has 0 spiro atoms. The van der Waals surface area contributed by atoms with Crippen molar-refractivity contribution in [3.05, 3.63) is 41.6 Å². The van der Waals surface area contributed by atoms with Gasteiger partial charge in [-0.2, -0.15) is 5.10 Å². The van der Waals surface area contributed by atoms with Crippen LogP contribution in [0.4, 0.5) is 0 Å². The predicted molar refractivity (Wildman–Crippen MR) is 81.7 cm³/mol. The molecule has 0 N–H and O–H groups in total. The van der Waals surface area contributed by atoms with Crippen LogP contribution in [0.5, 0.6) is 0 Å². The van der Waals surface area contributed by atoms with E-state index in [2.05, 4.69) is 14.7 Å². The number of hydrogen-bond acceptors (Lipinski definition) is 3. The van der Waals surface area contributed by atoms with Crippen molar-refractivity contribution in [2.45, 2.75) is 57.7 Å². The van der Waals surface area contributed by atoms with Gasteiger partial charge in [0.1, 0.15) is 11.5 Å². The van der Waals surface area contributed by atoms with Crippen LogP contribution in [-0.4, -0.2) is 32.7 Å². The van der Waals surface area contributed by atoms with E-state index < -0.39 is 0 Å². The van der Waals surface area contributed by atoms with Crippen LogP contribution in [-0.2, 0) is 0 Å². The van der Waals surface area contributed by atoms with Crippen LogP contribution in [0.25, 0.3) is 0 Å². The summed E-state index contributed by atoms with van der Waals surface area (Å²) in [5.74, 6) is 1.68. The first-order valence-corrected chi connectivity index (χ1v) is 8.02. The molecule has 2 saturated heterocycles. The number of rotatable bonds is 2. The van der Waals surface area contributed by atoms with E-state index >= 15 is 0 Å². The maximum atomic E-state index is 12.9. The van der Waals surface area contributed by atoms with E-state index in [1.54, 1.807) is 0 Å². The van der Waals surface area contributed by atoms with Crippen molar-refractivity contribution < 1.29 is 9.21 Å². The number of nitrogens with zero attached hydrogens (tertiary/aromatic N) is 3. The van der Waals surface area contributed by atoms with E-state index in [0.717, 1.165) is 42.8 Å². The summed E-state index contributed by atoms with van der Waals surface area (Å²) in [5.41, 5.74) is 0.729. The first-order chi connectivity index (χ1) is 10.6. The topological polar surface area (TPSA) is 51.3 Å². The second kappa shape index (κ2) is 5.00. The Morgan fingerprint density at radius 1 is 1.23 bits per heavy atom. The van der Waals surface area contributed by atoms with Crippen molar-refractivity contribution in [2.24, 2.45) is 0 Å². The highest BCUT2D eigenvalue weighted by Crippen LogP contribution is 2.41. The molecule has 2 aliphatic heterocycles. The minimum Gasteiger partial charge on any atom is -0.466 e. The molecule has 22 heavy (non-hydrogen) atoms. The third-order valence-corrected chi connectivity index (χ3v) is 5.11. The van der Waals surface area contributed by atoms with E-state index in [1.165, 1.54) is 0 Å². The number of hydrogen-bond donors (Lipinski definition) is 0. The Labute approximate surface area is 129 Å². The maximum Gasteiger partial charge on any atom is 0.257 e. The Kier molecular flexibility index (Phi) is 3.10. The monoisotopic (exact) mass is 299 g/mol. The molecule has 116 valence electrons. The molecule has 0 saturated carbocycles. The molecule has 4 rings (SSSR count). The average Bonchev–Trinajstić information content (AvgIpc) is 3.18. The highest BCUT2D eigenvalue weighted by atomic mass is 16.3. The lowest BCUT2D eigenvalue weighted by Gasteiger charge is -2.39. The second-order valence-corrected chi connectivity index (χ2v) is 6.54. The van der Waals surface area contributed by atoms with Crippen molar-refractivity contribution in [3.8, 4) is 0 Å². The van der Waals surface area contributed by atoms with Crippen molar-refractivity contribution in [3.63, 3.8) is 0 Å². The van der Waals surface area contributed by atoms with Crippen LogP contribution < -0.4 is 0 Å². The zero-order chi connectivity index (χ0) is 15.3. The molecule has 2 fully saturated rings. The van der Waals surface area contributed by atoms with Crippen molar-refractivity contribution >= 4 is 5.91 Å². The van der Waals surface area contributed by atoms with E-state index in [1.807, 2.05) is 38.4 Å². The zero-order valence-corrected chi connectivity index (χ0v) is 13.0. The molecule has 0 radical (unpaired) electrons. The molecule has 0 aromatic carbocycles. The maximum absolute atomic E-state index is 12.9. The van der Waals surface area contributed by atoms with Gasteiger partial charge in [0.05, 0.1) is 11.6 Å². The summed E-state index contributed by atoms with van der Waals surface area (Å²) in [6, 6.07) is 4.92. The number of aromatic nitrogens is 2. The van der Waals surface area contributed by atoms with Crippen LogP contribution in [0.2, 0.25) is 0 Å². The first-order valence-electron chi connectivity index (χ1n) is 8.02. The molecule has 2 aromatic heterocycles. The Balaban J connectivity index is 1.58. The van der Waals surface area contributed by atoms with Gasteiger partial charge < -0.3 is 9.32 Å². The van der Waals surface area contributed by atoms with Crippen LogP contribution in [0.3, 0.4) is 0 Å². The van der Waals surface area contributed by atoms with Crippen LogP contribution in [0, 0.1) is 13.8 Å². The highest BCUT2D eigenvalue weighted by Gasteiger charge is 2.44. The Morgan fingerprint density at radius 2 is 1.95 bits per heavy atom. The van der Waals surface area contributed by atoms with Crippen molar-refractivity contribution in [1.29, 1.82) is 0 Å². The van der Waals surface area contributed by atoms with Gasteiger partial charge in [0, 0.05) is 24.5 Å². The molecule has 2 bridgehead atoms. The molecular formula is C17H21N3O2. The zero-order valence-electron chi connectivity index (χ0n) is 13.0. The predicted octanol–water partition coefficient (Wildman–Crippen LogP) is 3.10. The van der Waals surface area contributed by atoms with Gasteiger partial charge in [-0.15, -0.1) is 0 Å². The SMILES string of the molecule is Cc1cc(C(=O)N2C3CCC2CC(n2cccn2)C3)c(C)o1. The van der Waals surface area contributed by atoms with Crippen LogP contribution >= 0.6 is 0 Å². The summed E-state index contributed by atoms with van der Waals surface area (Å²) in [5, 5.41) is 4.38. The molecule has 5 heteroatoms. The summed E-state index contributed by atoms with van der Waals surface area (Å²) in [7, 11) is 0. The van der Waals surface area contributed by atoms with Gasteiger partial charge in [-0.3, -0.25) is 9.48 Å². The number of carbonyl (C=O) groups excluding carboxylic acids is 1. The fraction of sp³-hybridized carbons (Fsp3) is 0.529. The molecule has 0 aliphatic carbocycles. The number of furan rings is 1. The highest BCUT2D eigenvalue weighted by molar-refractivity contribution is 5.96. The fourth-order valence-electron chi connectivity index (χ4n) is 4.17. The number of carbonyl (C=O) groups is 1. The number of fused-ring (bicyclic) bond motifs is 2. The lowest BCUT2D eigenvalue weighted by Crippen LogP contribution is -2.47. The molecule has 1 amide bonds. The van der Waals surface area contributed by atoms with Crippen molar-refractivity contribution in [2.75, 3.05) is 0 Å². The Bertz CT molecular complexity index is 675. The minimum absolute atomic E-state index is 0.140. The van der Waals surface area contributed by atoms with E-state index in [4.69, 9.17) is 4.42 Å². The molecule has 4 heterocycles. The van der Waals surface area contributed by atoms with E-state index in [0.29, 0.717) is 18.1 Å². The number of amides is 1. The van der Waals surface area contributed by atoms with Gasteiger partial charge in [0.15, 0.2) is 0 Å². The van der Waals surface area contributed by atoms with E-state index in [-0.39, 0.29) is 5.91 Å². The summed E-state index contributed by atoms with van der Waals surface area (Å²) >= 11 is 0. The van der Waals surface area contributed by atoms with Gasteiger partial charge in [-0.25, -0.2) is 0 Å². The largest absolute Gasteiger partial charge is 0.466 e. The second-order valence-electron chi connectivity index (χ2n) is 6.54. The lowest BCUT2D eigenvalue weighted by molar-refractivity contribution is 0.0522. The number of aryl methyl sites for hydroxylation is 2. The van der Waals surface area contributed by atoms with Crippen molar-refractivity contribution in [1.82, 2.24) is 14.7 Å². The quantitative estimate of drug-likeness (QED) is 0.856. The molecular weight excluding hydrogens is 278 g/mol. The average molecular weight is 299 g/mol. The van der Waals surface area contributed by atoms with Crippen LogP contribution in [0.1, 0.15) is 53.6 Å². The summed E-state index contributed by atoms with van der Waals surface area (Å²) in [6.45, 7) is 3.76. The molecule has 5 nitrogen and oxygen atoms in total. The third kappa shape index (κ3) is 2.07. The summed E-state index contributed by atoms with van der Waals surface area (Å²) in [6.07, 6.45) is 8.07. The van der Waals surface area contributed by atoms with Gasteiger partial charge >= 0.3 is 0 Å². The summed E-state index contributed by atoms with van der Waals surface area (Å²) in [4.78, 5) is 15.0. The fourth-order valence-corrected chi connectivity index (χ4v) is 4.17. The molecule has 2 aromatic rings. The molecule has 2 unspecified atom stereocenters. The van der Waals surface area contributed by atoms with Gasteiger partial charge in [-0.05, 0) is 51.7 Å². The van der Waals surface area contributed by atoms with Gasteiger partial charge in [0.25, 0.3) is 5.91 Å². The Hall–Kier alpha value is -2.04. The normalized spacial score (nSPS) is 27.4. The standard InChI is InChI=1S/C17H21N3O2/c1-11-8-16(12(2)22-11)17(21)20-13-4-5-14(20)10-15(9-13)19-7-3-6-18-19/h3,6-8,13-15H,4-5,9-10H2,1-2H3. The lowest BCUT2D eigenvalue weighted by atomic mass is 9.96.